The third-order valence-corrected chi connectivity index (χ3v) is 5.18. The van der Waals surface area contributed by atoms with E-state index in [2.05, 4.69) is 10.5 Å². The second-order valence-corrected chi connectivity index (χ2v) is 6.76. The molecule has 2 atom stereocenters. The number of nitrogens with one attached hydrogen (secondary N) is 1. The van der Waals surface area contributed by atoms with Crippen molar-refractivity contribution in [3.8, 4) is 5.75 Å². The molecule has 1 aromatic rings. The Balaban J connectivity index is 2.31. The first-order valence-corrected chi connectivity index (χ1v) is 7.53. The van der Waals surface area contributed by atoms with Gasteiger partial charge in [0.05, 0.1) is 36.5 Å². The molecular weight excluding hydrogens is 256 g/mol. The van der Waals surface area contributed by atoms with Crippen LogP contribution in [-0.4, -0.2) is 36.8 Å². The van der Waals surface area contributed by atoms with E-state index in [-0.39, 0.29) is 23.5 Å². The van der Waals surface area contributed by atoms with Crippen molar-refractivity contribution in [3.63, 3.8) is 0 Å². The van der Waals surface area contributed by atoms with Gasteiger partial charge in [-0.05, 0) is 12.3 Å². The second-order valence-electron chi connectivity index (χ2n) is 4.53. The zero-order valence-electron chi connectivity index (χ0n) is 10.5. The molecule has 1 aromatic heterocycles. The maximum Gasteiger partial charge on any atom is 0.161 e. The van der Waals surface area contributed by atoms with Crippen LogP contribution in [0, 0.1) is 5.92 Å². The number of hydrazine groups is 1. The van der Waals surface area contributed by atoms with Crippen LogP contribution in [0.5, 0.6) is 5.75 Å². The summed E-state index contributed by atoms with van der Waals surface area (Å²) in [6.45, 7) is 0. The van der Waals surface area contributed by atoms with Gasteiger partial charge in [0.2, 0.25) is 0 Å². The zero-order chi connectivity index (χ0) is 13.3. The number of nitrogens with zero attached hydrogens (tertiary/aromatic N) is 2. The van der Waals surface area contributed by atoms with Gasteiger partial charge in [-0.25, -0.2) is 8.42 Å². The molecule has 0 bridgehead atoms. The van der Waals surface area contributed by atoms with E-state index >= 15 is 0 Å². The quantitative estimate of drug-likeness (QED) is 0.560. The molecule has 7 nitrogen and oxygen atoms in total. The number of sulfone groups is 1. The van der Waals surface area contributed by atoms with Crippen molar-refractivity contribution in [2.24, 2.45) is 18.8 Å². The number of ether oxygens (including phenoxy) is 1. The normalized spacial score (nSPS) is 24.1. The van der Waals surface area contributed by atoms with Crippen molar-refractivity contribution in [1.29, 1.82) is 0 Å². The fourth-order valence-electron chi connectivity index (χ4n) is 2.46. The molecule has 0 aliphatic carbocycles. The summed E-state index contributed by atoms with van der Waals surface area (Å²) >= 11 is 0. The van der Waals surface area contributed by atoms with Crippen molar-refractivity contribution in [1.82, 2.24) is 15.2 Å². The Bertz CT molecular complexity index is 525. The molecule has 18 heavy (non-hydrogen) atoms. The lowest BCUT2D eigenvalue weighted by Gasteiger charge is -2.22. The van der Waals surface area contributed by atoms with Gasteiger partial charge in [-0.1, -0.05) is 0 Å². The predicted molar refractivity (Wildman–Crippen MR) is 66.6 cm³/mol. The lowest BCUT2D eigenvalue weighted by molar-refractivity contribution is 0.350. The van der Waals surface area contributed by atoms with Crippen molar-refractivity contribution >= 4 is 9.84 Å². The van der Waals surface area contributed by atoms with Crippen molar-refractivity contribution < 1.29 is 13.2 Å². The molecule has 8 heteroatoms. The van der Waals surface area contributed by atoms with Gasteiger partial charge < -0.3 is 4.74 Å². The van der Waals surface area contributed by atoms with Gasteiger partial charge in [0.15, 0.2) is 15.6 Å². The molecule has 0 amide bonds. The van der Waals surface area contributed by atoms with Gasteiger partial charge in [0.25, 0.3) is 0 Å². The first kappa shape index (κ1) is 13.3. The highest BCUT2D eigenvalue weighted by Crippen LogP contribution is 2.34. The molecule has 0 saturated carbocycles. The van der Waals surface area contributed by atoms with Gasteiger partial charge in [-0.15, -0.1) is 0 Å². The third-order valence-electron chi connectivity index (χ3n) is 3.38. The highest BCUT2D eigenvalue weighted by atomic mass is 32.2. The Hall–Kier alpha value is -1.12. The molecule has 0 aromatic carbocycles. The molecule has 0 spiro atoms. The van der Waals surface area contributed by atoms with Crippen LogP contribution in [0.2, 0.25) is 0 Å². The average molecular weight is 274 g/mol. The van der Waals surface area contributed by atoms with Crippen LogP contribution in [0.3, 0.4) is 0 Å². The number of aryl methyl sites for hydroxylation is 1. The van der Waals surface area contributed by atoms with Gasteiger partial charge in [0.1, 0.15) is 0 Å². The summed E-state index contributed by atoms with van der Waals surface area (Å²) in [5.74, 6) is 6.51. The smallest absolute Gasteiger partial charge is 0.161 e. The molecular formula is C10H18N4O3S. The van der Waals surface area contributed by atoms with E-state index in [1.807, 2.05) is 0 Å². The van der Waals surface area contributed by atoms with Crippen LogP contribution >= 0.6 is 0 Å². The summed E-state index contributed by atoms with van der Waals surface area (Å²) < 4.78 is 30.0. The van der Waals surface area contributed by atoms with Crippen molar-refractivity contribution in [2.75, 3.05) is 18.6 Å². The molecule has 2 heterocycles. The molecule has 2 rings (SSSR count). The van der Waals surface area contributed by atoms with E-state index in [9.17, 15) is 8.42 Å². The lowest BCUT2D eigenvalue weighted by Crippen LogP contribution is -2.35. The predicted octanol–water partition coefficient (Wildman–Crippen LogP) is -0.632. The molecule has 1 aliphatic heterocycles. The van der Waals surface area contributed by atoms with Crippen LogP contribution in [0.15, 0.2) is 6.20 Å². The summed E-state index contributed by atoms with van der Waals surface area (Å²) in [4.78, 5) is 0. The van der Waals surface area contributed by atoms with Crippen LogP contribution in [0.1, 0.15) is 18.2 Å². The minimum Gasteiger partial charge on any atom is -0.493 e. The third kappa shape index (κ3) is 2.36. The molecule has 2 unspecified atom stereocenters. The second kappa shape index (κ2) is 4.87. The number of hydrogen-bond acceptors (Lipinski definition) is 6. The summed E-state index contributed by atoms with van der Waals surface area (Å²) in [7, 11) is 0.398. The van der Waals surface area contributed by atoms with Gasteiger partial charge in [0, 0.05) is 7.05 Å². The largest absolute Gasteiger partial charge is 0.493 e. The van der Waals surface area contributed by atoms with Crippen molar-refractivity contribution in [2.45, 2.75) is 12.5 Å². The number of hydrogen-bond donors (Lipinski definition) is 2. The fourth-order valence-corrected chi connectivity index (χ4v) is 4.30. The van der Waals surface area contributed by atoms with E-state index in [0.717, 1.165) is 5.69 Å². The highest BCUT2D eigenvalue weighted by Gasteiger charge is 2.36. The van der Waals surface area contributed by atoms with E-state index in [1.165, 1.54) is 0 Å². The zero-order valence-corrected chi connectivity index (χ0v) is 11.3. The standard InChI is InChI=1S/C10H18N4O3S/c1-14-10(8(17-2)5-12-14)9(13-11)7-3-4-18(15,16)6-7/h5,7,9,13H,3-4,6,11H2,1-2H3. The maximum atomic E-state index is 11.5. The average Bonchev–Trinajstić information content (AvgIpc) is 2.85. The molecule has 102 valence electrons. The topological polar surface area (TPSA) is 99.2 Å². The number of rotatable bonds is 4. The first-order chi connectivity index (χ1) is 8.48. The van der Waals surface area contributed by atoms with Crippen LogP contribution < -0.4 is 16.0 Å². The summed E-state index contributed by atoms with van der Waals surface area (Å²) in [6, 6.07) is -0.273. The van der Waals surface area contributed by atoms with Gasteiger partial charge in [-0.3, -0.25) is 16.0 Å². The minimum absolute atomic E-state index is 0.0516. The number of nitrogens with two attached hydrogens (primary N) is 1. The first-order valence-electron chi connectivity index (χ1n) is 5.71. The van der Waals surface area contributed by atoms with Crippen LogP contribution in [-0.2, 0) is 16.9 Å². The van der Waals surface area contributed by atoms with E-state index in [0.29, 0.717) is 12.2 Å². The summed E-state index contributed by atoms with van der Waals surface area (Å²) in [5.41, 5.74) is 3.47. The van der Waals surface area contributed by atoms with Gasteiger partial charge in [-0.2, -0.15) is 5.10 Å². The molecule has 1 saturated heterocycles. The number of methoxy groups -OCH3 is 1. The Morgan fingerprint density at radius 1 is 1.67 bits per heavy atom. The monoisotopic (exact) mass is 274 g/mol. The maximum absolute atomic E-state index is 11.5. The Morgan fingerprint density at radius 3 is 2.89 bits per heavy atom. The molecule has 1 fully saturated rings. The summed E-state index contributed by atoms with van der Waals surface area (Å²) in [6.07, 6.45) is 2.20. The number of aromatic nitrogens is 2. The van der Waals surface area contributed by atoms with Gasteiger partial charge >= 0.3 is 0 Å². The van der Waals surface area contributed by atoms with Crippen molar-refractivity contribution in [3.05, 3.63) is 11.9 Å². The fraction of sp³-hybridized carbons (Fsp3) is 0.700. The SMILES string of the molecule is COc1cnn(C)c1C(NN)C1CCS(=O)(=O)C1. The van der Waals surface area contributed by atoms with E-state index in [1.54, 1.807) is 25.0 Å². The molecule has 0 radical (unpaired) electrons. The Morgan fingerprint density at radius 2 is 2.39 bits per heavy atom. The van der Waals surface area contributed by atoms with E-state index < -0.39 is 9.84 Å². The lowest BCUT2D eigenvalue weighted by atomic mass is 9.96. The Labute approximate surface area is 106 Å². The minimum atomic E-state index is -2.94. The van der Waals surface area contributed by atoms with Crippen LogP contribution in [0.4, 0.5) is 0 Å². The molecule has 3 N–H and O–H groups in total. The van der Waals surface area contributed by atoms with E-state index in [4.69, 9.17) is 10.6 Å². The summed E-state index contributed by atoms with van der Waals surface area (Å²) in [5, 5.41) is 4.11. The highest BCUT2D eigenvalue weighted by molar-refractivity contribution is 7.91. The molecule has 1 aliphatic rings. The van der Waals surface area contributed by atoms with Crippen LogP contribution in [0.25, 0.3) is 0 Å². The Kier molecular flexibility index (Phi) is 3.60.